The topological polar surface area (TPSA) is 59.8 Å². The quantitative estimate of drug-likeness (QED) is 0.923. The molecular formula is C18H24N4O. The van der Waals surface area contributed by atoms with Crippen LogP contribution in [0.2, 0.25) is 0 Å². The van der Waals surface area contributed by atoms with Gasteiger partial charge in [0.05, 0.1) is 6.04 Å². The van der Waals surface area contributed by atoms with E-state index in [0.29, 0.717) is 12.3 Å². The summed E-state index contributed by atoms with van der Waals surface area (Å²) in [5.41, 5.74) is 1.17. The highest BCUT2D eigenvalue weighted by molar-refractivity contribution is 5.79. The number of rotatable bonds is 5. The van der Waals surface area contributed by atoms with Crippen LogP contribution >= 0.6 is 0 Å². The van der Waals surface area contributed by atoms with E-state index in [0.717, 1.165) is 25.2 Å². The van der Waals surface area contributed by atoms with Crippen LogP contribution in [0.1, 0.15) is 44.1 Å². The molecule has 1 N–H and O–H groups in total. The van der Waals surface area contributed by atoms with Gasteiger partial charge in [0.2, 0.25) is 5.91 Å². The first-order chi connectivity index (χ1) is 11.1. The standard InChI is InChI=1S/C18H24N4O/c1-13(2)10-16(14-6-4-3-5-7-14)21-18(23)15-8-9-22-17(11-15)19-12-20-22/h3-7,12-13,15-16H,8-11H2,1-2H3,(H,21,23). The van der Waals surface area contributed by atoms with Crippen molar-refractivity contribution in [1.82, 2.24) is 20.1 Å². The molecule has 3 rings (SSSR count). The predicted molar refractivity (Wildman–Crippen MR) is 88.6 cm³/mol. The van der Waals surface area contributed by atoms with Crippen molar-refractivity contribution in [2.75, 3.05) is 0 Å². The number of benzene rings is 1. The normalized spacial score (nSPS) is 18.5. The van der Waals surface area contributed by atoms with Crippen LogP contribution in [-0.2, 0) is 17.8 Å². The Morgan fingerprint density at radius 2 is 2.13 bits per heavy atom. The third-order valence-corrected chi connectivity index (χ3v) is 4.41. The highest BCUT2D eigenvalue weighted by Gasteiger charge is 2.28. The van der Waals surface area contributed by atoms with Crippen LogP contribution in [0.25, 0.3) is 0 Å². The Balaban J connectivity index is 1.69. The van der Waals surface area contributed by atoms with Gasteiger partial charge >= 0.3 is 0 Å². The summed E-state index contributed by atoms with van der Waals surface area (Å²) < 4.78 is 1.90. The second-order valence-corrected chi connectivity index (χ2v) is 6.69. The molecule has 0 saturated heterocycles. The Morgan fingerprint density at radius 1 is 1.35 bits per heavy atom. The zero-order valence-electron chi connectivity index (χ0n) is 13.8. The van der Waals surface area contributed by atoms with Gasteiger partial charge in [0, 0.05) is 18.9 Å². The van der Waals surface area contributed by atoms with Crippen molar-refractivity contribution in [2.24, 2.45) is 11.8 Å². The van der Waals surface area contributed by atoms with E-state index >= 15 is 0 Å². The van der Waals surface area contributed by atoms with Gasteiger partial charge in [-0.15, -0.1) is 0 Å². The number of hydrogen-bond donors (Lipinski definition) is 1. The molecule has 0 spiro atoms. The summed E-state index contributed by atoms with van der Waals surface area (Å²) in [6, 6.07) is 10.3. The Bertz CT molecular complexity index is 650. The van der Waals surface area contributed by atoms with E-state index in [9.17, 15) is 4.79 Å². The molecule has 1 aliphatic heterocycles. The third-order valence-electron chi connectivity index (χ3n) is 4.41. The van der Waals surface area contributed by atoms with Crippen molar-refractivity contribution in [3.63, 3.8) is 0 Å². The molecular weight excluding hydrogens is 288 g/mol. The SMILES string of the molecule is CC(C)CC(NC(=O)C1CCn2ncnc2C1)c1ccccc1. The second kappa shape index (κ2) is 6.94. The van der Waals surface area contributed by atoms with E-state index in [4.69, 9.17) is 0 Å². The number of amides is 1. The summed E-state index contributed by atoms with van der Waals surface area (Å²) in [4.78, 5) is 17.0. The lowest BCUT2D eigenvalue weighted by Crippen LogP contribution is -2.38. The first-order valence-electron chi connectivity index (χ1n) is 8.35. The fourth-order valence-electron chi connectivity index (χ4n) is 3.18. The smallest absolute Gasteiger partial charge is 0.224 e. The number of carbonyl (C=O) groups is 1. The Kier molecular flexibility index (Phi) is 4.74. The molecule has 2 unspecified atom stereocenters. The summed E-state index contributed by atoms with van der Waals surface area (Å²) in [7, 11) is 0. The minimum Gasteiger partial charge on any atom is -0.349 e. The van der Waals surface area contributed by atoms with E-state index in [1.165, 1.54) is 5.56 Å². The molecule has 5 nitrogen and oxygen atoms in total. The maximum atomic E-state index is 12.7. The lowest BCUT2D eigenvalue weighted by molar-refractivity contribution is -0.126. The van der Waals surface area contributed by atoms with Gasteiger partial charge in [0.25, 0.3) is 0 Å². The van der Waals surface area contributed by atoms with E-state index in [-0.39, 0.29) is 17.9 Å². The summed E-state index contributed by atoms with van der Waals surface area (Å²) in [5, 5.41) is 7.43. The summed E-state index contributed by atoms with van der Waals surface area (Å²) in [6.45, 7) is 5.14. The van der Waals surface area contributed by atoms with Crippen LogP contribution in [0.3, 0.4) is 0 Å². The van der Waals surface area contributed by atoms with Gasteiger partial charge in [0.1, 0.15) is 12.2 Å². The number of carbonyl (C=O) groups excluding carboxylic acids is 1. The zero-order chi connectivity index (χ0) is 16.2. The van der Waals surface area contributed by atoms with Crippen LogP contribution in [0, 0.1) is 11.8 Å². The predicted octanol–water partition coefficient (Wildman–Crippen LogP) is 2.74. The first-order valence-corrected chi connectivity index (χ1v) is 8.35. The Labute approximate surface area is 137 Å². The van der Waals surface area contributed by atoms with Gasteiger partial charge in [-0.3, -0.25) is 9.48 Å². The fraction of sp³-hybridized carbons (Fsp3) is 0.500. The van der Waals surface area contributed by atoms with Gasteiger partial charge in [-0.25, -0.2) is 4.98 Å². The monoisotopic (exact) mass is 312 g/mol. The first kappa shape index (κ1) is 15.7. The van der Waals surface area contributed by atoms with E-state index in [2.05, 4.69) is 41.4 Å². The Hall–Kier alpha value is -2.17. The average Bonchev–Trinajstić information content (AvgIpc) is 3.02. The lowest BCUT2D eigenvalue weighted by Gasteiger charge is -2.26. The van der Waals surface area contributed by atoms with Crippen LogP contribution < -0.4 is 5.32 Å². The lowest BCUT2D eigenvalue weighted by atomic mass is 9.93. The van der Waals surface area contributed by atoms with Gasteiger partial charge < -0.3 is 5.32 Å². The summed E-state index contributed by atoms with van der Waals surface area (Å²) in [5.74, 6) is 1.56. The average molecular weight is 312 g/mol. The molecule has 0 saturated carbocycles. The number of nitrogens with zero attached hydrogens (tertiary/aromatic N) is 3. The van der Waals surface area contributed by atoms with Gasteiger partial charge in [0.15, 0.2) is 0 Å². The number of hydrogen-bond acceptors (Lipinski definition) is 3. The fourth-order valence-corrected chi connectivity index (χ4v) is 3.18. The molecule has 2 atom stereocenters. The van der Waals surface area contributed by atoms with Gasteiger partial charge in [-0.1, -0.05) is 44.2 Å². The van der Waals surface area contributed by atoms with Crippen LogP contribution in [0.15, 0.2) is 36.7 Å². The van der Waals surface area contributed by atoms with Gasteiger partial charge in [-0.05, 0) is 24.3 Å². The van der Waals surface area contributed by atoms with Crippen LogP contribution in [0.4, 0.5) is 0 Å². The molecule has 5 heteroatoms. The second-order valence-electron chi connectivity index (χ2n) is 6.69. The number of fused-ring (bicyclic) bond motifs is 1. The van der Waals surface area contributed by atoms with Crippen LogP contribution in [-0.4, -0.2) is 20.7 Å². The van der Waals surface area contributed by atoms with Crippen molar-refractivity contribution in [3.05, 3.63) is 48.0 Å². The summed E-state index contributed by atoms with van der Waals surface area (Å²) in [6.07, 6.45) is 4.01. The number of nitrogens with one attached hydrogen (secondary N) is 1. The minimum atomic E-state index is -0.00919. The zero-order valence-corrected chi connectivity index (χ0v) is 13.8. The maximum absolute atomic E-state index is 12.7. The largest absolute Gasteiger partial charge is 0.349 e. The molecule has 122 valence electrons. The van der Waals surface area contributed by atoms with Crippen LogP contribution in [0.5, 0.6) is 0 Å². The Morgan fingerprint density at radius 3 is 2.87 bits per heavy atom. The molecule has 2 aromatic rings. The third kappa shape index (κ3) is 3.78. The summed E-state index contributed by atoms with van der Waals surface area (Å²) >= 11 is 0. The molecule has 0 bridgehead atoms. The molecule has 23 heavy (non-hydrogen) atoms. The molecule has 1 aliphatic rings. The van der Waals surface area contributed by atoms with E-state index < -0.39 is 0 Å². The van der Waals surface area contributed by atoms with Crippen molar-refractivity contribution < 1.29 is 4.79 Å². The van der Waals surface area contributed by atoms with Gasteiger partial charge in [-0.2, -0.15) is 5.10 Å². The highest BCUT2D eigenvalue weighted by atomic mass is 16.1. The van der Waals surface area contributed by atoms with E-state index in [1.807, 2.05) is 22.9 Å². The van der Waals surface area contributed by atoms with Crippen molar-refractivity contribution in [1.29, 1.82) is 0 Å². The highest BCUT2D eigenvalue weighted by Crippen LogP contribution is 2.24. The molecule has 0 radical (unpaired) electrons. The molecule has 0 aliphatic carbocycles. The number of aryl methyl sites for hydroxylation is 1. The van der Waals surface area contributed by atoms with Crippen molar-refractivity contribution >= 4 is 5.91 Å². The van der Waals surface area contributed by atoms with Crippen molar-refractivity contribution in [3.8, 4) is 0 Å². The molecule has 1 amide bonds. The van der Waals surface area contributed by atoms with Crippen molar-refractivity contribution in [2.45, 2.75) is 45.7 Å². The number of aromatic nitrogens is 3. The molecule has 2 heterocycles. The molecule has 0 fully saturated rings. The minimum absolute atomic E-state index is 0.00919. The van der Waals surface area contributed by atoms with E-state index in [1.54, 1.807) is 6.33 Å². The molecule has 1 aromatic carbocycles. The molecule has 1 aromatic heterocycles. The maximum Gasteiger partial charge on any atom is 0.224 e.